The smallest absolute Gasteiger partial charge is 0.246 e. The molecule has 11 heteroatoms. The van der Waals surface area contributed by atoms with Crippen molar-refractivity contribution in [3.8, 4) is 0 Å². The van der Waals surface area contributed by atoms with Gasteiger partial charge in [-0.1, -0.05) is 60.7 Å². The lowest BCUT2D eigenvalue weighted by Gasteiger charge is -2.36. The number of nitrogens with zero attached hydrogens (tertiary/aromatic N) is 2. The van der Waals surface area contributed by atoms with Crippen molar-refractivity contribution in [3.63, 3.8) is 0 Å². The van der Waals surface area contributed by atoms with Crippen LogP contribution in [0.5, 0.6) is 0 Å². The molecule has 1 unspecified atom stereocenters. The number of hydrogen-bond acceptors (Lipinski definition) is 7. The molecule has 6 atom stereocenters. The minimum Gasteiger partial charge on any atom is -0.378 e. The molecule has 2 saturated heterocycles. The summed E-state index contributed by atoms with van der Waals surface area (Å²) in [5.74, 6) is -0.673. The molecule has 2 aromatic carbocycles. The second kappa shape index (κ2) is 16.2. The molecule has 2 aromatic rings. The van der Waals surface area contributed by atoms with Crippen LogP contribution < -0.4 is 21.7 Å². The summed E-state index contributed by atoms with van der Waals surface area (Å²) < 4.78 is 5.43. The van der Waals surface area contributed by atoms with E-state index >= 15 is 0 Å². The van der Waals surface area contributed by atoms with Crippen LogP contribution >= 0.6 is 0 Å². The van der Waals surface area contributed by atoms with Gasteiger partial charge in [-0.2, -0.15) is 0 Å². The molecule has 3 aliphatic rings. The normalized spacial score (nSPS) is 23.9. The summed E-state index contributed by atoms with van der Waals surface area (Å²) in [5.41, 5.74) is 7.87. The van der Waals surface area contributed by atoms with E-state index in [0.29, 0.717) is 51.6 Å². The zero-order chi connectivity index (χ0) is 32.5. The van der Waals surface area contributed by atoms with E-state index in [9.17, 15) is 19.2 Å². The van der Waals surface area contributed by atoms with Crippen LogP contribution in [0.25, 0.3) is 0 Å². The summed E-state index contributed by atoms with van der Waals surface area (Å²) in [6.07, 6.45) is 3.61. The lowest BCUT2D eigenvalue weighted by molar-refractivity contribution is -0.148. The molecule has 11 nitrogen and oxygen atoms in total. The van der Waals surface area contributed by atoms with Crippen LogP contribution in [0, 0.1) is 0 Å². The summed E-state index contributed by atoms with van der Waals surface area (Å²) in [6, 6.07) is 17.4. The molecule has 3 fully saturated rings. The van der Waals surface area contributed by atoms with E-state index in [1.165, 1.54) is 5.56 Å². The highest BCUT2D eigenvalue weighted by molar-refractivity contribution is 5.96. The fourth-order valence-electron chi connectivity index (χ4n) is 6.68. The average Bonchev–Trinajstić information content (AvgIpc) is 3.81. The predicted molar refractivity (Wildman–Crippen MR) is 175 cm³/mol. The standard InChI is InChI=1S/C35H48N6O5/c1-24-20-30(34(44)41(24)31(14-8-9-15-36)35(45)40-16-18-46-19-17-40)39-33(43)29(21-25-10-4-2-5-11-25)38-32(42)23-37-28-22-27(28)26-12-6-3-7-13-26/h2-7,10-13,24,27-31,37H,8-9,14-23,36H2,1H3,(H,38,42)(H,39,43)/t24?,27-,28+,29-,30-,31-/m1/s1. The third-order valence-electron chi connectivity index (χ3n) is 9.27. The SMILES string of the molecule is CC1C[C@@H](NC(=O)[C@@H](Cc2ccccc2)NC(=O)CN[C@H]2C[C@@H]2c2ccccc2)C(=O)N1[C@H](CCCCN)C(=O)N1CCOCC1. The number of likely N-dealkylation sites (tertiary alicyclic amines) is 1. The Kier molecular flexibility index (Phi) is 11.8. The van der Waals surface area contributed by atoms with Gasteiger partial charge < -0.3 is 36.2 Å². The summed E-state index contributed by atoms with van der Waals surface area (Å²) in [5, 5.41) is 9.16. The predicted octanol–water partition coefficient (Wildman–Crippen LogP) is 1.32. The van der Waals surface area contributed by atoms with Gasteiger partial charge in [0.2, 0.25) is 23.6 Å². The molecule has 0 radical (unpaired) electrons. The van der Waals surface area contributed by atoms with Gasteiger partial charge in [-0.15, -0.1) is 0 Å². The highest BCUT2D eigenvalue weighted by Gasteiger charge is 2.45. The first-order valence-electron chi connectivity index (χ1n) is 16.7. The number of unbranched alkanes of at least 4 members (excludes halogenated alkanes) is 1. The number of amides is 4. The Balaban J connectivity index is 1.22. The second-order valence-electron chi connectivity index (χ2n) is 12.7. The van der Waals surface area contributed by atoms with E-state index in [4.69, 9.17) is 10.5 Å². The minimum atomic E-state index is -0.867. The maximum atomic E-state index is 13.8. The number of ether oxygens (including phenoxy) is 1. The Labute approximate surface area is 271 Å². The Hall–Kier alpha value is -3.80. The van der Waals surface area contributed by atoms with Gasteiger partial charge in [0.25, 0.3) is 0 Å². The van der Waals surface area contributed by atoms with Crippen LogP contribution in [0.2, 0.25) is 0 Å². The number of benzene rings is 2. The fraction of sp³-hybridized carbons (Fsp3) is 0.543. The molecule has 5 N–H and O–H groups in total. The molecule has 2 heterocycles. The van der Waals surface area contributed by atoms with Gasteiger partial charge in [-0.25, -0.2) is 0 Å². The number of morpholine rings is 1. The molecule has 1 aliphatic carbocycles. The van der Waals surface area contributed by atoms with E-state index in [-0.39, 0.29) is 42.8 Å². The Morgan fingerprint density at radius 2 is 1.67 bits per heavy atom. The van der Waals surface area contributed by atoms with Crippen molar-refractivity contribution in [1.82, 2.24) is 25.8 Å². The molecule has 46 heavy (non-hydrogen) atoms. The first kappa shape index (κ1) is 33.6. The van der Waals surface area contributed by atoms with Gasteiger partial charge in [0.15, 0.2) is 0 Å². The van der Waals surface area contributed by atoms with E-state index in [2.05, 4.69) is 28.1 Å². The molecule has 1 saturated carbocycles. The van der Waals surface area contributed by atoms with Crippen molar-refractivity contribution < 1.29 is 23.9 Å². The highest BCUT2D eigenvalue weighted by atomic mass is 16.5. The van der Waals surface area contributed by atoms with Crippen LogP contribution in [0.3, 0.4) is 0 Å². The van der Waals surface area contributed by atoms with Crippen molar-refractivity contribution in [2.45, 2.75) is 81.6 Å². The van der Waals surface area contributed by atoms with Crippen LogP contribution in [0.15, 0.2) is 60.7 Å². The van der Waals surface area contributed by atoms with Crippen molar-refractivity contribution >= 4 is 23.6 Å². The average molecular weight is 633 g/mol. The first-order valence-corrected chi connectivity index (χ1v) is 16.7. The molecule has 0 bridgehead atoms. The maximum Gasteiger partial charge on any atom is 0.246 e. The Bertz CT molecular complexity index is 1320. The lowest BCUT2D eigenvalue weighted by Crippen LogP contribution is -2.56. The van der Waals surface area contributed by atoms with Crippen LogP contribution in [-0.2, 0) is 30.3 Å². The molecule has 248 valence electrons. The zero-order valence-electron chi connectivity index (χ0n) is 26.7. The Morgan fingerprint density at radius 3 is 2.37 bits per heavy atom. The third kappa shape index (κ3) is 8.71. The van der Waals surface area contributed by atoms with E-state index in [1.807, 2.05) is 55.5 Å². The van der Waals surface area contributed by atoms with Crippen LogP contribution in [0.1, 0.15) is 56.1 Å². The molecule has 5 rings (SSSR count). The maximum absolute atomic E-state index is 13.8. The summed E-state index contributed by atoms with van der Waals surface area (Å²) in [7, 11) is 0. The van der Waals surface area contributed by atoms with Crippen LogP contribution in [-0.4, -0.2) is 103 Å². The monoisotopic (exact) mass is 632 g/mol. The van der Waals surface area contributed by atoms with Crippen molar-refractivity contribution in [2.24, 2.45) is 5.73 Å². The summed E-state index contributed by atoms with van der Waals surface area (Å²) in [4.78, 5) is 57.7. The number of hydrogen-bond donors (Lipinski definition) is 4. The Morgan fingerprint density at radius 1 is 0.978 bits per heavy atom. The highest BCUT2D eigenvalue weighted by Crippen LogP contribution is 2.40. The fourth-order valence-corrected chi connectivity index (χ4v) is 6.68. The quantitative estimate of drug-likeness (QED) is 0.217. The van der Waals surface area contributed by atoms with E-state index < -0.39 is 24.0 Å². The molecule has 4 amide bonds. The van der Waals surface area contributed by atoms with Crippen LogP contribution in [0.4, 0.5) is 0 Å². The number of carbonyl (C=O) groups excluding carboxylic acids is 4. The first-order chi connectivity index (χ1) is 22.4. The van der Waals surface area contributed by atoms with Gasteiger partial charge in [-0.05, 0) is 56.7 Å². The summed E-state index contributed by atoms with van der Waals surface area (Å²) >= 11 is 0. The number of carbonyl (C=O) groups is 4. The number of nitrogens with two attached hydrogens (primary N) is 1. The van der Waals surface area contributed by atoms with Gasteiger partial charge in [0.05, 0.1) is 19.8 Å². The summed E-state index contributed by atoms with van der Waals surface area (Å²) in [6.45, 7) is 4.46. The van der Waals surface area contributed by atoms with E-state index in [0.717, 1.165) is 24.8 Å². The minimum absolute atomic E-state index is 0.0839. The molecular weight excluding hydrogens is 584 g/mol. The van der Waals surface area contributed by atoms with Crippen molar-refractivity contribution in [2.75, 3.05) is 39.4 Å². The van der Waals surface area contributed by atoms with Gasteiger partial charge in [0.1, 0.15) is 18.1 Å². The number of nitrogens with one attached hydrogen (secondary N) is 3. The topological polar surface area (TPSA) is 146 Å². The molecule has 0 spiro atoms. The lowest BCUT2D eigenvalue weighted by atomic mass is 10.0. The van der Waals surface area contributed by atoms with Crippen molar-refractivity contribution in [3.05, 3.63) is 71.8 Å². The largest absolute Gasteiger partial charge is 0.378 e. The second-order valence-corrected chi connectivity index (χ2v) is 12.7. The van der Waals surface area contributed by atoms with Gasteiger partial charge >= 0.3 is 0 Å². The van der Waals surface area contributed by atoms with Crippen molar-refractivity contribution in [1.29, 1.82) is 0 Å². The third-order valence-corrected chi connectivity index (χ3v) is 9.27. The van der Waals surface area contributed by atoms with Gasteiger partial charge in [0, 0.05) is 37.5 Å². The number of rotatable bonds is 15. The van der Waals surface area contributed by atoms with Gasteiger partial charge in [-0.3, -0.25) is 19.2 Å². The molecule has 0 aromatic heterocycles. The zero-order valence-corrected chi connectivity index (χ0v) is 26.7. The molecular formula is C35H48N6O5. The van der Waals surface area contributed by atoms with E-state index in [1.54, 1.807) is 9.80 Å². The molecule has 2 aliphatic heterocycles.